The van der Waals surface area contributed by atoms with Crippen LogP contribution in [-0.2, 0) is 4.79 Å². The lowest BCUT2D eigenvalue weighted by Gasteiger charge is -2.24. The highest BCUT2D eigenvalue weighted by Gasteiger charge is 2.33. The number of benzene rings is 1. The van der Waals surface area contributed by atoms with E-state index < -0.39 is 0 Å². The number of amides is 1. The monoisotopic (exact) mass is 431 g/mol. The maximum absolute atomic E-state index is 12.6. The first kappa shape index (κ1) is 20.2. The fourth-order valence-electron chi connectivity index (χ4n) is 4.06. The number of anilines is 1. The maximum Gasteiger partial charge on any atom is 0.226 e. The van der Waals surface area contributed by atoms with E-state index in [4.69, 9.17) is 9.84 Å². The number of aromatic nitrogens is 6. The molecule has 164 valence electrons. The van der Waals surface area contributed by atoms with Crippen LogP contribution < -0.4 is 10.1 Å². The Bertz CT molecular complexity index is 1300. The van der Waals surface area contributed by atoms with Crippen LogP contribution in [0.2, 0.25) is 0 Å². The molecule has 3 aromatic heterocycles. The molecule has 9 nitrogen and oxygen atoms in total. The van der Waals surface area contributed by atoms with Crippen molar-refractivity contribution in [2.24, 2.45) is 5.92 Å². The summed E-state index contributed by atoms with van der Waals surface area (Å²) in [4.78, 5) is 12.6. The third-order valence-electron chi connectivity index (χ3n) is 5.59. The highest BCUT2D eigenvalue weighted by atomic mass is 16.5. The van der Waals surface area contributed by atoms with Gasteiger partial charge in [-0.05, 0) is 49.6 Å². The average molecular weight is 432 g/mol. The fraction of sp³-hybridized carbons (Fsp3) is 0.348. The Hall–Kier alpha value is -3.75. The van der Waals surface area contributed by atoms with E-state index in [0.717, 1.165) is 22.6 Å². The van der Waals surface area contributed by atoms with Crippen LogP contribution in [0.3, 0.4) is 0 Å². The molecule has 1 atom stereocenters. The minimum Gasteiger partial charge on any atom is -0.493 e. The molecule has 4 heterocycles. The summed E-state index contributed by atoms with van der Waals surface area (Å²) in [7, 11) is 0. The van der Waals surface area contributed by atoms with Crippen LogP contribution in [-0.4, -0.2) is 42.1 Å². The van der Waals surface area contributed by atoms with Crippen LogP contribution in [0, 0.1) is 19.8 Å². The SMILES string of the molecule is Cc1nn(-c2ccc3nnc(C)n3n2)c2c1C(c1ccc(OCC(C)C)cc1)CC(=O)N2. The summed E-state index contributed by atoms with van der Waals surface area (Å²) in [6.07, 6.45) is 0.364. The lowest BCUT2D eigenvalue weighted by molar-refractivity contribution is -0.116. The molecule has 32 heavy (non-hydrogen) atoms. The summed E-state index contributed by atoms with van der Waals surface area (Å²) < 4.78 is 9.16. The van der Waals surface area contributed by atoms with Crippen molar-refractivity contribution in [2.45, 2.75) is 40.0 Å². The number of nitrogens with one attached hydrogen (secondary N) is 1. The smallest absolute Gasteiger partial charge is 0.226 e. The second-order valence-corrected chi connectivity index (χ2v) is 8.55. The van der Waals surface area contributed by atoms with Crippen LogP contribution in [0.25, 0.3) is 11.5 Å². The third-order valence-corrected chi connectivity index (χ3v) is 5.59. The summed E-state index contributed by atoms with van der Waals surface area (Å²) in [6.45, 7) is 8.71. The van der Waals surface area contributed by atoms with Gasteiger partial charge < -0.3 is 10.1 Å². The summed E-state index contributed by atoms with van der Waals surface area (Å²) >= 11 is 0. The first-order valence-corrected chi connectivity index (χ1v) is 10.7. The van der Waals surface area contributed by atoms with E-state index in [1.54, 1.807) is 9.20 Å². The van der Waals surface area contributed by atoms with E-state index in [2.05, 4.69) is 34.5 Å². The van der Waals surface area contributed by atoms with Crippen LogP contribution in [0.4, 0.5) is 5.82 Å². The van der Waals surface area contributed by atoms with Gasteiger partial charge in [0.1, 0.15) is 11.6 Å². The molecule has 4 aromatic rings. The summed E-state index contributed by atoms with van der Waals surface area (Å²) in [5, 5.41) is 20.5. The molecular formula is C23H25N7O2. The molecule has 0 saturated carbocycles. The molecule has 0 radical (unpaired) electrons. The number of ether oxygens (including phenoxy) is 1. The van der Waals surface area contributed by atoms with Gasteiger partial charge in [0.2, 0.25) is 5.91 Å². The number of hydrogen-bond acceptors (Lipinski definition) is 6. The van der Waals surface area contributed by atoms with Crippen molar-refractivity contribution < 1.29 is 9.53 Å². The van der Waals surface area contributed by atoms with Crippen molar-refractivity contribution in [3.05, 3.63) is 59.0 Å². The number of nitrogens with zero attached hydrogens (tertiary/aromatic N) is 6. The Morgan fingerprint density at radius 2 is 1.88 bits per heavy atom. The zero-order valence-electron chi connectivity index (χ0n) is 18.5. The van der Waals surface area contributed by atoms with Gasteiger partial charge in [-0.1, -0.05) is 26.0 Å². The fourth-order valence-corrected chi connectivity index (χ4v) is 4.06. The molecule has 1 amide bonds. The maximum atomic E-state index is 12.6. The summed E-state index contributed by atoms with van der Waals surface area (Å²) in [5.41, 5.74) is 3.57. The van der Waals surface area contributed by atoms with Crippen LogP contribution in [0.15, 0.2) is 36.4 Å². The molecule has 0 saturated heterocycles. The molecule has 1 N–H and O–H groups in total. The second kappa shape index (κ2) is 7.74. The van der Waals surface area contributed by atoms with Gasteiger partial charge in [-0.2, -0.15) is 14.3 Å². The Labute approximate surface area is 185 Å². The normalized spacial score (nSPS) is 15.8. The molecule has 1 aromatic carbocycles. The first-order chi connectivity index (χ1) is 15.4. The lowest BCUT2D eigenvalue weighted by Crippen LogP contribution is -2.25. The number of fused-ring (bicyclic) bond motifs is 2. The average Bonchev–Trinajstić information content (AvgIpc) is 3.31. The molecule has 1 unspecified atom stereocenters. The number of aryl methyl sites for hydroxylation is 2. The van der Waals surface area contributed by atoms with E-state index >= 15 is 0 Å². The number of carbonyl (C=O) groups excluding carboxylic acids is 1. The van der Waals surface area contributed by atoms with Crippen molar-refractivity contribution in [1.82, 2.24) is 29.6 Å². The van der Waals surface area contributed by atoms with Gasteiger partial charge in [0, 0.05) is 17.9 Å². The molecule has 0 bridgehead atoms. The highest BCUT2D eigenvalue weighted by Crippen LogP contribution is 2.40. The van der Waals surface area contributed by atoms with Gasteiger partial charge in [-0.15, -0.1) is 15.3 Å². The first-order valence-electron chi connectivity index (χ1n) is 10.7. The third kappa shape index (κ3) is 3.49. The molecule has 5 rings (SSSR count). The molecular weight excluding hydrogens is 406 g/mol. The minimum absolute atomic E-state index is 0.0506. The Morgan fingerprint density at radius 3 is 2.62 bits per heavy atom. The van der Waals surface area contributed by atoms with Crippen molar-refractivity contribution in [3.63, 3.8) is 0 Å². The van der Waals surface area contributed by atoms with Crippen molar-refractivity contribution in [1.29, 1.82) is 0 Å². The van der Waals surface area contributed by atoms with Crippen molar-refractivity contribution >= 4 is 17.4 Å². The van der Waals surface area contributed by atoms with Crippen molar-refractivity contribution in [3.8, 4) is 11.6 Å². The predicted molar refractivity (Wildman–Crippen MR) is 119 cm³/mol. The highest BCUT2D eigenvalue weighted by molar-refractivity contribution is 5.95. The van der Waals surface area contributed by atoms with Crippen LogP contribution >= 0.6 is 0 Å². The quantitative estimate of drug-likeness (QED) is 0.520. The summed E-state index contributed by atoms with van der Waals surface area (Å²) in [6, 6.07) is 11.7. The lowest BCUT2D eigenvalue weighted by atomic mass is 9.86. The number of carbonyl (C=O) groups is 1. The van der Waals surface area contributed by atoms with E-state index in [0.29, 0.717) is 42.1 Å². The molecule has 1 aliphatic rings. The van der Waals surface area contributed by atoms with Gasteiger partial charge in [-0.25, -0.2) is 0 Å². The van der Waals surface area contributed by atoms with Gasteiger partial charge in [-0.3, -0.25) is 4.79 Å². The topological polar surface area (TPSA) is 99.2 Å². The molecule has 9 heteroatoms. The standard InChI is InChI=1S/C23H25N7O2/c1-13(2)12-32-17-7-5-16(6-8-17)18-11-21(31)24-23-22(18)14(3)27-30(23)20-10-9-19-26-25-15(4)29(19)28-20/h5-10,13,18H,11-12H2,1-4H3,(H,24,31). The number of hydrogen-bond donors (Lipinski definition) is 1. The van der Waals surface area contributed by atoms with Gasteiger partial charge in [0.25, 0.3) is 0 Å². The minimum atomic E-state index is -0.0907. The Kier molecular flexibility index (Phi) is 4.88. The predicted octanol–water partition coefficient (Wildman–Crippen LogP) is 3.44. The Morgan fingerprint density at radius 1 is 1.09 bits per heavy atom. The van der Waals surface area contributed by atoms with E-state index in [-0.39, 0.29) is 11.8 Å². The molecule has 1 aliphatic heterocycles. The zero-order valence-corrected chi connectivity index (χ0v) is 18.5. The molecule has 0 spiro atoms. The van der Waals surface area contributed by atoms with Gasteiger partial charge in [0.05, 0.1) is 12.3 Å². The van der Waals surface area contributed by atoms with E-state index in [1.165, 1.54) is 0 Å². The molecule has 0 fully saturated rings. The van der Waals surface area contributed by atoms with E-state index in [1.807, 2.05) is 50.2 Å². The Balaban J connectivity index is 1.53. The van der Waals surface area contributed by atoms with Crippen LogP contribution in [0.5, 0.6) is 5.75 Å². The summed E-state index contributed by atoms with van der Waals surface area (Å²) in [5.74, 6) is 3.07. The van der Waals surface area contributed by atoms with Gasteiger partial charge >= 0.3 is 0 Å². The molecule has 0 aliphatic carbocycles. The van der Waals surface area contributed by atoms with E-state index in [9.17, 15) is 4.79 Å². The number of rotatable bonds is 5. The van der Waals surface area contributed by atoms with Crippen LogP contribution in [0.1, 0.15) is 48.8 Å². The zero-order chi connectivity index (χ0) is 22.4. The largest absolute Gasteiger partial charge is 0.493 e. The van der Waals surface area contributed by atoms with Gasteiger partial charge in [0.15, 0.2) is 17.3 Å². The van der Waals surface area contributed by atoms with Crippen molar-refractivity contribution in [2.75, 3.05) is 11.9 Å². The second-order valence-electron chi connectivity index (χ2n) is 8.55.